The second-order valence-electron chi connectivity index (χ2n) is 7.89. The number of aliphatic hydroxyl groups excluding tert-OH is 1. The molecule has 8 heteroatoms. The number of thiophene rings is 1. The number of aryl methyl sites for hydroxylation is 2. The third kappa shape index (κ3) is 2.90. The first-order valence-electron chi connectivity index (χ1n) is 9.90. The summed E-state index contributed by atoms with van der Waals surface area (Å²) >= 11 is 1.85. The van der Waals surface area contributed by atoms with Gasteiger partial charge in [-0.3, -0.25) is 4.90 Å². The summed E-state index contributed by atoms with van der Waals surface area (Å²) < 4.78 is 1.96. The van der Waals surface area contributed by atoms with E-state index in [0.717, 1.165) is 73.7 Å². The summed E-state index contributed by atoms with van der Waals surface area (Å²) in [4.78, 5) is 17.1. The molecule has 0 bridgehead atoms. The second-order valence-corrected chi connectivity index (χ2v) is 8.97. The van der Waals surface area contributed by atoms with Crippen molar-refractivity contribution in [2.24, 2.45) is 5.92 Å². The van der Waals surface area contributed by atoms with Crippen molar-refractivity contribution in [2.45, 2.75) is 33.1 Å². The van der Waals surface area contributed by atoms with Crippen molar-refractivity contribution < 1.29 is 5.11 Å². The van der Waals surface area contributed by atoms with Gasteiger partial charge in [0.15, 0.2) is 5.65 Å². The average molecular weight is 387 g/mol. The Bertz CT molecular complexity index is 987. The molecule has 1 aliphatic heterocycles. The minimum absolute atomic E-state index is 0.218. The largest absolute Gasteiger partial charge is 0.395 e. The molecule has 1 fully saturated rings. The van der Waals surface area contributed by atoms with Gasteiger partial charge in [-0.25, -0.2) is 9.97 Å². The molecule has 0 amide bonds. The Labute approximate surface area is 162 Å². The van der Waals surface area contributed by atoms with Gasteiger partial charge < -0.3 is 10.0 Å². The van der Waals surface area contributed by atoms with Crippen LogP contribution in [0.1, 0.15) is 29.6 Å². The number of rotatable bonds is 3. The number of piperazine rings is 1. The van der Waals surface area contributed by atoms with Crippen LogP contribution in [0.5, 0.6) is 0 Å². The standard InChI is InChI=1S/C19H26N6OS/c1-12-3-4-15-14(11-12)16-17-20-13(2)22-25(17)19(21-18(16)27-15)24-7-5-23(6-8-24)9-10-26/h12,26H,3-11H2,1-2H3. The Morgan fingerprint density at radius 1 is 1.19 bits per heavy atom. The first kappa shape index (κ1) is 17.3. The summed E-state index contributed by atoms with van der Waals surface area (Å²) in [7, 11) is 0. The van der Waals surface area contributed by atoms with Crippen LogP contribution >= 0.6 is 11.3 Å². The smallest absolute Gasteiger partial charge is 0.230 e. The van der Waals surface area contributed by atoms with Crippen LogP contribution in [-0.4, -0.2) is 68.9 Å². The Kier molecular flexibility index (Phi) is 4.29. The monoisotopic (exact) mass is 386 g/mol. The van der Waals surface area contributed by atoms with E-state index in [4.69, 9.17) is 15.1 Å². The number of β-amino-alcohol motifs (C(OH)–C–C–N with tert-alkyl or cyclic N) is 1. The van der Waals surface area contributed by atoms with E-state index in [9.17, 15) is 5.11 Å². The molecule has 2 aliphatic rings. The molecule has 3 aromatic rings. The lowest BCUT2D eigenvalue weighted by molar-refractivity contribution is 0.188. The maximum atomic E-state index is 9.17. The van der Waals surface area contributed by atoms with Crippen molar-refractivity contribution in [1.29, 1.82) is 0 Å². The molecule has 3 aromatic heterocycles. The highest BCUT2D eigenvalue weighted by molar-refractivity contribution is 7.19. The minimum atomic E-state index is 0.218. The molecule has 1 aliphatic carbocycles. The van der Waals surface area contributed by atoms with E-state index in [1.807, 2.05) is 22.8 Å². The summed E-state index contributed by atoms with van der Waals surface area (Å²) in [6.07, 6.45) is 3.55. The number of aromatic nitrogens is 4. The van der Waals surface area contributed by atoms with Crippen LogP contribution in [0.15, 0.2) is 0 Å². The molecule has 7 nitrogen and oxygen atoms in total. The van der Waals surface area contributed by atoms with E-state index < -0.39 is 0 Å². The molecule has 4 heterocycles. The van der Waals surface area contributed by atoms with Gasteiger partial charge in [-0.15, -0.1) is 16.4 Å². The molecular weight excluding hydrogens is 360 g/mol. The van der Waals surface area contributed by atoms with E-state index in [1.165, 1.54) is 22.2 Å². The van der Waals surface area contributed by atoms with Gasteiger partial charge >= 0.3 is 0 Å². The number of hydrogen-bond donors (Lipinski definition) is 1. The fourth-order valence-corrected chi connectivity index (χ4v) is 5.63. The molecule has 1 unspecified atom stereocenters. The summed E-state index contributed by atoms with van der Waals surface area (Å²) in [5.74, 6) is 2.43. The lowest BCUT2D eigenvalue weighted by Gasteiger charge is -2.34. The van der Waals surface area contributed by atoms with Gasteiger partial charge in [-0.1, -0.05) is 6.92 Å². The minimum Gasteiger partial charge on any atom is -0.395 e. The molecule has 1 N–H and O–H groups in total. The van der Waals surface area contributed by atoms with Gasteiger partial charge in [0.1, 0.15) is 10.7 Å². The Morgan fingerprint density at radius 2 is 2.00 bits per heavy atom. The summed E-state index contributed by atoms with van der Waals surface area (Å²) in [5.41, 5.74) is 2.43. The molecule has 144 valence electrons. The van der Waals surface area contributed by atoms with Crippen LogP contribution in [-0.2, 0) is 12.8 Å². The number of hydrogen-bond acceptors (Lipinski definition) is 7. The topological polar surface area (TPSA) is 69.8 Å². The highest BCUT2D eigenvalue weighted by Gasteiger charge is 2.27. The summed E-state index contributed by atoms with van der Waals surface area (Å²) in [6, 6.07) is 0. The van der Waals surface area contributed by atoms with Crippen molar-refractivity contribution >= 4 is 33.1 Å². The lowest BCUT2D eigenvalue weighted by atomic mass is 9.89. The molecule has 5 rings (SSSR count). The average Bonchev–Trinajstić information content (AvgIpc) is 3.21. The van der Waals surface area contributed by atoms with Crippen LogP contribution in [0.25, 0.3) is 15.9 Å². The molecular formula is C19H26N6OS. The maximum absolute atomic E-state index is 9.17. The van der Waals surface area contributed by atoms with Crippen molar-refractivity contribution in [2.75, 3.05) is 44.2 Å². The quantitative estimate of drug-likeness (QED) is 0.741. The second kappa shape index (κ2) is 6.68. The van der Waals surface area contributed by atoms with E-state index in [2.05, 4.69) is 16.7 Å². The zero-order valence-electron chi connectivity index (χ0n) is 16.0. The van der Waals surface area contributed by atoms with Gasteiger partial charge in [-0.05, 0) is 37.7 Å². The normalized spacial score (nSPS) is 21.3. The van der Waals surface area contributed by atoms with E-state index in [-0.39, 0.29) is 6.61 Å². The fourth-order valence-electron chi connectivity index (χ4n) is 4.43. The van der Waals surface area contributed by atoms with Gasteiger partial charge in [0.25, 0.3) is 0 Å². The van der Waals surface area contributed by atoms with Crippen molar-refractivity contribution in [3.05, 3.63) is 16.3 Å². The SMILES string of the molecule is Cc1nc2c3c4c(sc3nc(N3CCN(CCO)CC3)n2n1)CCC(C)C4. The molecule has 0 radical (unpaired) electrons. The van der Waals surface area contributed by atoms with Crippen LogP contribution < -0.4 is 4.90 Å². The highest BCUT2D eigenvalue weighted by atomic mass is 32.1. The number of fused-ring (bicyclic) bond motifs is 5. The van der Waals surface area contributed by atoms with Gasteiger partial charge in [0, 0.05) is 37.6 Å². The van der Waals surface area contributed by atoms with E-state index in [1.54, 1.807) is 0 Å². The van der Waals surface area contributed by atoms with Crippen molar-refractivity contribution in [3.8, 4) is 0 Å². The van der Waals surface area contributed by atoms with Crippen LogP contribution in [0.2, 0.25) is 0 Å². The fraction of sp³-hybridized carbons (Fsp3) is 0.632. The molecule has 0 aromatic carbocycles. The first-order chi connectivity index (χ1) is 13.1. The highest BCUT2D eigenvalue weighted by Crippen LogP contribution is 2.40. The number of nitrogens with zero attached hydrogens (tertiary/aromatic N) is 6. The van der Waals surface area contributed by atoms with Crippen LogP contribution in [0.4, 0.5) is 5.95 Å². The lowest BCUT2D eigenvalue weighted by Crippen LogP contribution is -2.48. The van der Waals surface area contributed by atoms with Crippen LogP contribution in [0.3, 0.4) is 0 Å². The summed E-state index contributed by atoms with van der Waals surface area (Å²) in [6.45, 7) is 8.94. The maximum Gasteiger partial charge on any atom is 0.230 e. The zero-order chi connectivity index (χ0) is 18.5. The predicted octanol–water partition coefficient (Wildman–Crippen LogP) is 1.89. The Morgan fingerprint density at radius 3 is 2.78 bits per heavy atom. The van der Waals surface area contributed by atoms with E-state index in [0.29, 0.717) is 0 Å². The molecule has 1 saturated heterocycles. The van der Waals surface area contributed by atoms with Gasteiger partial charge in [-0.2, -0.15) is 4.52 Å². The summed E-state index contributed by atoms with van der Waals surface area (Å²) in [5, 5.41) is 15.1. The third-order valence-corrected chi connectivity index (χ3v) is 7.07. The van der Waals surface area contributed by atoms with Gasteiger partial charge in [0.2, 0.25) is 5.95 Å². The van der Waals surface area contributed by atoms with E-state index >= 15 is 0 Å². The van der Waals surface area contributed by atoms with Crippen molar-refractivity contribution in [3.63, 3.8) is 0 Å². The molecule has 0 saturated carbocycles. The zero-order valence-corrected chi connectivity index (χ0v) is 16.8. The predicted molar refractivity (Wildman–Crippen MR) is 108 cm³/mol. The Balaban J connectivity index is 1.61. The molecule has 27 heavy (non-hydrogen) atoms. The van der Waals surface area contributed by atoms with Crippen molar-refractivity contribution in [1.82, 2.24) is 24.5 Å². The Hall–Kier alpha value is -1.77. The van der Waals surface area contributed by atoms with Gasteiger partial charge in [0.05, 0.1) is 12.0 Å². The number of aliphatic hydroxyl groups is 1. The van der Waals surface area contributed by atoms with Crippen LogP contribution in [0, 0.1) is 12.8 Å². The first-order valence-corrected chi connectivity index (χ1v) is 10.7. The number of anilines is 1. The third-order valence-electron chi connectivity index (χ3n) is 5.89. The molecule has 0 spiro atoms. The molecule has 1 atom stereocenters.